The third kappa shape index (κ3) is 3.48. The van der Waals surface area contributed by atoms with Crippen LogP contribution in [0.4, 0.5) is 5.69 Å². The Balaban J connectivity index is 1.33. The molecule has 132 valence electrons. The van der Waals surface area contributed by atoms with E-state index in [1.54, 1.807) is 0 Å². The summed E-state index contributed by atoms with van der Waals surface area (Å²) in [5, 5.41) is 4.52. The van der Waals surface area contributed by atoms with Crippen molar-refractivity contribution in [2.75, 3.05) is 57.5 Å². The van der Waals surface area contributed by atoms with Gasteiger partial charge in [0, 0.05) is 44.7 Å². The van der Waals surface area contributed by atoms with Crippen molar-refractivity contribution in [3.05, 3.63) is 12.4 Å². The molecule has 0 bridgehead atoms. The van der Waals surface area contributed by atoms with Gasteiger partial charge in [0.15, 0.2) is 0 Å². The molecule has 0 N–H and O–H groups in total. The van der Waals surface area contributed by atoms with Crippen LogP contribution in [0.25, 0.3) is 0 Å². The molecular weight excluding hydrogens is 308 g/mol. The Morgan fingerprint density at radius 1 is 1.21 bits per heavy atom. The number of nitrogens with zero attached hydrogens (tertiary/aromatic N) is 4. The molecule has 3 aliphatic rings. The molecule has 4 rings (SSSR count). The zero-order chi connectivity index (χ0) is 16.4. The number of likely N-dealkylation sites (tertiary alicyclic amines) is 1. The molecular formula is C17H26N4O3. The molecule has 0 spiro atoms. The number of hydrogen-bond donors (Lipinski definition) is 0. The first-order valence-corrected chi connectivity index (χ1v) is 9.02. The summed E-state index contributed by atoms with van der Waals surface area (Å²) in [6, 6.07) is 0.393. The molecule has 1 amide bonds. The quantitative estimate of drug-likeness (QED) is 0.819. The maximum Gasteiger partial charge on any atom is 0.227 e. The first-order chi connectivity index (χ1) is 11.8. The van der Waals surface area contributed by atoms with Gasteiger partial charge in [-0.15, -0.1) is 0 Å². The number of hydrogen-bond acceptors (Lipinski definition) is 5. The third-order valence-electron chi connectivity index (χ3n) is 5.19. The SMILES string of the molecule is O=C1CCCN1c1cnn(C2CCN(CC3COCCOC3)C2)c1. The van der Waals surface area contributed by atoms with Crippen molar-refractivity contribution in [1.82, 2.24) is 14.7 Å². The summed E-state index contributed by atoms with van der Waals surface area (Å²) in [4.78, 5) is 16.2. The lowest BCUT2D eigenvalue weighted by atomic mass is 10.1. The first-order valence-electron chi connectivity index (χ1n) is 9.02. The van der Waals surface area contributed by atoms with E-state index in [2.05, 4.69) is 10.00 Å². The Hall–Kier alpha value is -1.44. The van der Waals surface area contributed by atoms with Gasteiger partial charge in [-0.25, -0.2) is 0 Å². The van der Waals surface area contributed by atoms with Crippen LogP contribution in [0.3, 0.4) is 0 Å². The summed E-state index contributed by atoms with van der Waals surface area (Å²) in [6.07, 6.45) is 6.58. The minimum Gasteiger partial charge on any atom is -0.379 e. The highest BCUT2D eigenvalue weighted by atomic mass is 16.5. The van der Waals surface area contributed by atoms with E-state index >= 15 is 0 Å². The third-order valence-corrected chi connectivity index (χ3v) is 5.19. The Morgan fingerprint density at radius 2 is 2.04 bits per heavy atom. The molecule has 3 aliphatic heterocycles. The topological polar surface area (TPSA) is 59.8 Å². The molecule has 7 heteroatoms. The highest BCUT2D eigenvalue weighted by Gasteiger charge is 2.28. The molecule has 0 saturated carbocycles. The van der Waals surface area contributed by atoms with Crippen LogP contribution >= 0.6 is 0 Å². The molecule has 1 atom stereocenters. The van der Waals surface area contributed by atoms with Gasteiger partial charge >= 0.3 is 0 Å². The number of ether oxygens (including phenoxy) is 2. The van der Waals surface area contributed by atoms with Crippen LogP contribution in [0.1, 0.15) is 25.3 Å². The number of carbonyl (C=O) groups is 1. The van der Waals surface area contributed by atoms with Crippen molar-refractivity contribution in [3.63, 3.8) is 0 Å². The number of rotatable bonds is 4. The van der Waals surface area contributed by atoms with Gasteiger partial charge < -0.3 is 19.3 Å². The molecule has 1 unspecified atom stereocenters. The molecule has 0 aromatic carbocycles. The molecule has 0 radical (unpaired) electrons. The second-order valence-corrected chi connectivity index (χ2v) is 7.05. The van der Waals surface area contributed by atoms with Crippen LogP contribution in [0.15, 0.2) is 12.4 Å². The highest BCUT2D eigenvalue weighted by molar-refractivity contribution is 5.95. The maximum absolute atomic E-state index is 11.9. The van der Waals surface area contributed by atoms with Gasteiger partial charge in [-0.2, -0.15) is 5.10 Å². The minimum absolute atomic E-state index is 0.218. The van der Waals surface area contributed by atoms with E-state index < -0.39 is 0 Å². The fraction of sp³-hybridized carbons (Fsp3) is 0.765. The van der Waals surface area contributed by atoms with Crippen LogP contribution in [-0.4, -0.2) is 73.2 Å². The lowest BCUT2D eigenvalue weighted by Crippen LogP contribution is -2.31. The normalized spacial score (nSPS) is 27.1. The van der Waals surface area contributed by atoms with E-state index in [0.717, 1.165) is 57.9 Å². The molecule has 0 aliphatic carbocycles. The molecule has 3 fully saturated rings. The van der Waals surface area contributed by atoms with Crippen LogP contribution in [0.5, 0.6) is 0 Å². The van der Waals surface area contributed by atoms with Crippen molar-refractivity contribution >= 4 is 11.6 Å². The van der Waals surface area contributed by atoms with Gasteiger partial charge in [0.25, 0.3) is 0 Å². The second kappa shape index (κ2) is 7.21. The van der Waals surface area contributed by atoms with Crippen molar-refractivity contribution < 1.29 is 14.3 Å². The van der Waals surface area contributed by atoms with Gasteiger partial charge in [0.1, 0.15) is 0 Å². The largest absolute Gasteiger partial charge is 0.379 e. The second-order valence-electron chi connectivity index (χ2n) is 7.05. The Labute approximate surface area is 142 Å². The molecule has 1 aromatic rings. The maximum atomic E-state index is 11.9. The Morgan fingerprint density at radius 3 is 2.79 bits per heavy atom. The van der Waals surface area contributed by atoms with Crippen molar-refractivity contribution in [1.29, 1.82) is 0 Å². The van der Waals surface area contributed by atoms with Gasteiger partial charge in [-0.05, 0) is 12.8 Å². The predicted octanol–water partition coefficient (Wildman–Crippen LogP) is 0.920. The molecule has 4 heterocycles. The fourth-order valence-electron chi connectivity index (χ4n) is 3.92. The molecule has 7 nitrogen and oxygen atoms in total. The molecule has 3 saturated heterocycles. The number of aromatic nitrogens is 2. The summed E-state index contributed by atoms with van der Waals surface area (Å²) in [6.45, 7) is 6.95. The average Bonchev–Trinajstić information content (AvgIpc) is 3.27. The van der Waals surface area contributed by atoms with Crippen molar-refractivity contribution in [2.24, 2.45) is 5.92 Å². The molecule has 1 aromatic heterocycles. The number of carbonyl (C=O) groups excluding carboxylic acids is 1. The zero-order valence-corrected chi connectivity index (χ0v) is 14.1. The van der Waals surface area contributed by atoms with E-state index in [9.17, 15) is 4.79 Å². The number of anilines is 1. The van der Waals surface area contributed by atoms with Gasteiger partial charge in [-0.1, -0.05) is 0 Å². The van der Waals surface area contributed by atoms with E-state index in [0.29, 0.717) is 31.6 Å². The fourth-order valence-corrected chi connectivity index (χ4v) is 3.92. The van der Waals surface area contributed by atoms with E-state index in [-0.39, 0.29) is 5.91 Å². The summed E-state index contributed by atoms with van der Waals surface area (Å²) < 4.78 is 13.2. The van der Waals surface area contributed by atoms with E-state index in [4.69, 9.17) is 9.47 Å². The average molecular weight is 334 g/mol. The summed E-state index contributed by atoms with van der Waals surface area (Å²) in [5.74, 6) is 0.678. The summed E-state index contributed by atoms with van der Waals surface area (Å²) >= 11 is 0. The zero-order valence-electron chi connectivity index (χ0n) is 14.1. The lowest BCUT2D eigenvalue weighted by molar-refractivity contribution is -0.117. The number of amides is 1. The lowest BCUT2D eigenvalue weighted by Gasteiger charge is -2.21. The highest BCUT2D eigenvalue weighted by Crippen LogP contribution is 2.26. The molecule has 24 heavy (non-hydrogen) atoms. The van der Waals surface area contributed by atoms with Crippen LogP contribution < -0.4 is 4.90 Å². The van der Waals surface area contributed by atoms with Gasteiger partial charge in [0.2, 0.25) is 5.91 Å². The van der Waals surface area contributed by atoms with Gasteiger partial charge in [-0.3, -0.25) is 9.48 Å². The monoisotopic (exact) mass is 334 g/mol. The van der Waals surface area contributed by atoms with Crippen LogP contribution in [0.2, 0.25) is 0 Å². The van der Waals surface area contributed by atoms with Crippen LogP contribution in [-0.2, 0) is 14.3 Å². The summed E-state index contributed by atoms with van der Waals surface area (Å²) in [5.41, 5.74) is 0.946. The van der Waals surface area contributed by atoms with Crippen molar-refractivity contribution in [3.8, 4) is 0 Å². The Bertz CT molecular complexity index is 568. The minimum atomic E-state index is 0.218. The summed E-state index contributed by atoms with van der Waals surface area (Å²) in [7, 11) is 0. The van der Waals surface area contributed by atoms with E-state index in [1.807, 2.05) is 22.0 Å². The van der Waals surface area contributed by atoms with Gasteiger partial charge in [0.05, 0.1) is 44.4 Å². The van der Waals surface area contributed by atoms with E-state index in [1.165, 1.54) is 0 Å². The Kier molecular flexibility index (Phi) is 4.82. The van der Waals surface area contributed by atoms with Crippen molar-refractivity contribution in [2.45, 2.75) is 25.3 Å². The first kappa shape index (κ1) is 16.1. The smallest absolute Gasteiger partial charge is 0.227 e. The standard InChI is InChI=1S/C17H26N4O3/c22-17-2-1-4-20(17)16-8-18-21(11-16)15-3-5-19(10-15)9-14-12-23-6-7-24-13-14/h8,11,14-15H,1-7,9-10,12-13H2. The van der Waals surface area contributed by atoms with Crippen LogP contribution in [0, 0.1) is 5.92 Å². The predicted molar refractivity (Wildman–Crippen MR) is 89.0 cm³/mol.